The maximum atomic E-state index is 12.8. The number of carbonyl (C=O) groups is 4. The first kappa shape index (κ1) is 19.4. The van der Waals surface area contributed by atoms with E-state index in [1.54, 1.807) is 24.3 Å². The van der Waals surface area contributed by atoms with Crippen LogP contribution in [-0.4, -0.2) is 48.3 Å². The number of ether oxygens (including phenoxy) is 2. The first-order valence-electron chi connectivity index (χ1n) is 9.88. The Morgan fingerprint density at radius 2 is 1.83 bits per heavy atom. The molecule has 5 atom stereocenters. The molecule has 154 valence electrons. The molecule has 3 amide bonds. The van der Waals surface area contributed by atoms with Crippen LogP contribution in [0.3, 0.4) is 0 Å². The minimum atomic E-state index is -1.04. The summed E-state index contributed by atoms with van der Waals surface area (Å²) < 4.78 is 10.2. The Bertz CT molecular complexity index is 840. The second-order valence-corrected chi connectivity index (χ2v) is 8.00. The fraction of sp³-hybridized carbons (Fsp3) is 0.524. The lowest BCUT2D eigenvalue weighted by Gasteiger charge is -2.23. The van der Waals surface area contributed by atoms with Crippen LogP contribution in [-0.2, 0) is 23.9 Å². The Balaban J connectivity index is 1.33. The fourth-order valence-electron chi connectivity index (χ4n) is 5.07. The molecular weight excluding hydrogens is 376 g/mol. The zero-order valence-electron chi connectivity index (χ0n) is 16.4. The largest absolute Gasteiger partial charge is 0.497 e. The maximum absolute atomic E-state index is 12.8. The van der Waals surface area contributed by atoms with Gasteiger partial charge in [0.05, 0.1) is 18.9 Å². The monoisotopic (exact) mass is 400 g/mol. The molecule has 8 nitrogen and oxygen atoms in total. The smallest absolute Gasteiger partial charge is 0.329 e. The number of anilines is 1. The quantitative estimate of drug-likeness (QED) is 0.575. The number of likely N-dealkylation sites (tertiary alicyclic amines) is 1. The first-order valence-corrected chi connectivity index (χ1v) is 9.88. The van der Waals surface area contributed by atoms with Crippen LogP contribution in [0.25, 0.3) is 0 Å². The number of rotatable bonds is 6. The molecule has 1 saturated heterocycles. The summed E-state index contributed by atoms with van der Waals surface area (Å²) in [6.45, 7) is 0.968. The second kappa shape index (κ2) is 7.50. The van der Waals surface area contributed by atoms with E-state index < -0.39 is 24.5 Å². The number of amides is 3. The van der Waals surface area contributed by atoms with Crippen molar-refractivity contribution in [1.29, 1.82) is 0 Å². The van der Waals surface area contributed by atoms with Crippen molar-refractivity contribution in [3.05, 3.63) is 24.3 Å². The summed E-state index contributed by atoms with van der Waals surface area (Å²) in [6.07, 6.45) is 2.88. The SMILES string of the molecule is COc1cccc(NC(=O)COC(=O)[C@@H](C)N2C(=O)[C@H]3[C@H]4CC[C@@H](C4)[C@@H]3C2=O)c1. The van der Waals surface area contributed by atoms with E-state index in [2.05, 4.69) is 5.32 Å². The van der Waals surface area contributed by atoms with Gasteiger partial charge >= 0.3 is 5.97 Å². The number of methoxy groups -OCH3 is 1. The predicted octanol–water partition coefficient (Wildman–Crippen LogP) is 1.60. The lowest BCUT2D eigenvalue weighted by Crippen LogP contribution is -2.45. The van der Waals surface area contributed by atoms with Crippen LogP contribution in [0, 0.1) is 23.7 Å². The van der Waals surface area contributed by atoms with Gasteiger partial charge in [0.25, 0.3) is 5.91 Å². The molecule has 0 aromatic heterocycles. The van der Waals surface area contributed by atoms with Gasteiger partial charge in [-0.25, -0.2) is 4.79 Å². The summed E-state index contributed by atoms with van der Waals surface area (Å²) in [6, 6.07) is 5.74. The van der Waals surface area contributed by atoms with Crippen molar-refractivity contribution in [3.63, 3.8) is 0 Å². The number of hydrogen-bond donors (Lipinski definition) is 1. The van der Waals surface area contributed by atoms with E-state index in [4.69, 9.17) is 9.47 Å². The van der Waals surface area contributed by atoms with Gasteiger partial charge < -0.3 is 14.8 Å². The highest BCUT2D eigenvalue weighted by atomic mass is 16.5. The topological polar surface area (TPSA) is 102 Å². The summed E-state index contributed by atoms with van der Waals surface area (Å²) in [5, 5.41) is 2.61. The molecule has 3 aliphatic rings. The van der Waals surface area contributed by atoms with E-state index in [1.807, 2.05) is 0 Å². The highest BCUT2D eigenvalue weighted by Crippen LogP contribution is 2.56. The normalized spacial score (nSPS) is 28.3. The molecule has 2 aliphatic carbocycles. The van der Waals surface area contributed by atoms with Crippen molar-refractivity contribution in [2.45, 2.75) is 32.2 Å². The van der Waals surface area contributed by atoms with Gasteiger partial charge in [-0.15, -0.1) is 0 Å². The van der Waals surface area contributed by atoms with Gasteiger partial charge in [-0.05, 0) is 50.2 Å². The molecular formula is C21H24N2O6. The molecule has 0 radical (unpaired) electrons. The Kier molecular flexibility index (Phi) is 5.02. The molecule has 1 heterocycles. The van der Waals surface area contributed by atoms with Crippen LogP contribution < -0.4 is 10.1 Å². The molecule has 1 N–H and O–H groups in total. The molecule has 2 bridgehead atoms. The van der Waals surface area contributed by atoms with E-state index in [1.165, 1.54) is 14.0 Å². The fourth-order valence-corrected chi connectivity index (χ4v) is 5.07. The van der Waals surface area contributed by atoms with Crippen molar-refractivity contribution in [2.75, 3.05) is 19.0 Å². The molecule has 8 heteroatoms. The van der Waals surface area contributed by atoms with Gasteiger partial charge in [0.1, 0.15) is 11.8 Å². The number of fused-ring (bicyclic) bond motifs is 5. The second-order valence-electron chi connectivity index (χ2n) is 8.00. The summed E-state index contributed by atoms with van der Waals surface area (Å²) in [5.74, 6) is -1.30. The number of hydrogen-bond acceptors (Lipinski definition) is 6. The van der Waals surface area contributed by atoms with Crippen LogP contribution >= 0.6 is 0 Å². The van der Waals surface area contributed by atoms with Crippen LogP contribution in [0.1, 0.15) is 26.2 Å². The van der Waals surface area contributed by atoms with Crippen LogP contribution in [0.5, 0.6) is 5.75 Å². The summed E-state index contributed by atoms with van der Waals surface area (Å²) in [4.78, 5) is 51.1. The predicted molar refractivity (Wildman–Crippen MR) is 102 cm³/mol. The van der Waals surface area contributed by atoms with Crippen molar-refractivity contribution >= 4 is 29.4 Å². The molecule has 4 rings (SSSR count). The average molecular weight is 400 g/mol. The van der Waals surface area contributed by atoms with Crippen LogP contribution in [0.2, 0.25) is 0 Å². The number of nitrogens with zero attached hydrogens (tertiary/aromatic N) is 1. The third-order valence-electron chi connectivity index (χ3n) is 6.39. The number of imide groups is 1. The Labute approximate surface area is 168 Å². The molecule has 0 spiro atoms. The maximum Gasteiger partial charge on any atom is 0.329 e. The van der Waals surface area contributed by atoms with Crippen LogP contribution in [0.4, 0.5) is 5.69 Å². The molecule has 2 saturated carbocycles. The number of carbonyl (C=O) groups excluding carboxylic acids is 4. The lowest BCUT2D eigenvalue weighted by atomic mass is 9.81. The van der Waals surface area contributed by atoms with E-state index in [-0.39, 0.29) is 35.5 Å². The summed E-state index contributed by atoms with van der Waals surface area (Å²) >= 11 is 0. The minimum Gasteiger partial charge on any atom is -0.497 e. The molecule has 1 aromatic rings. The van der Waals surface area contributed by atoms with Gasteiger partial charge in [-0.1, -0.05) is 6.07 Å². The third-order valence-corrected chi connectivity index (χ3v) is 6.39. The third kappa shape index (κ3) is 3.36. The van der Waals surface area contributed by atoms with Crippen LogP contribution in [0.15, 0.2) is 24.3 Å². The summed E-state index contributed by atoms with van der Waals surface area (Å²) in [7, 11) is 1.52. The van der Waals surface area contributed by atoms with Gasteiger partial charge in [-0.3, -0.25) is 19.3 Å². The summed E-state index contributed by atoms with van der Waals surface area (Å²) in [5.41, 5.74) is 0.506. The molecule has 1 aromatic carbocycles. The van der Waals surface area contributed by atoms with E-state index >= 15 is 0 Å². The standard InChI is InChI=1S/C21H24N2O6/c1-11(23-19(25)17-12-6-7-13(8-12)18(17)20(23)26)21(27)29-10-16(24)22-14-4-3-5-15(9-14)28-2/h3-5,9,11-13,17-18H,6-8,10H2,1-2H3,(H,22,24)/t11-,12+,13+,17+,18+/m1/s1. The Hall–Kier alpha value is -2.90. The molecule has 3 fully saturated rings. The van der Waals surface area contributed by atoms with E-state index in [9.17, 15) is 19.2 Å². The van der Waals surface area contributed by atoms with E-state index in [0.717, 1.165) is 24.2 Å². The van der Waals surface area contributed by atoms with Gasteiger partial charge in [0.15, 0.2) is 6.61 Å². The zero-order chi connectivity index (χ0) is 20.7. The van der Waals surface area contributed by atoms with Crippen molar-refractivity contribution in [3.8, 4) is 5.75 Å². The Morgan fingerprint density at radius 3 is 2.45 bits per heavy atom. The molecule has 0 unspecified atom stereocenters. The lowest BCUT2D eigenvalue weighted by molar-refractivity contribution is -0.159. The highest BCUT2D eigenvalue weighted by Gasteiger charge is 2.62. The van der Waals surface area contributed by atoms with Crippen molar-refractivity contribution in [2.24, 2.45) is 23.7 Å². The average Bonchev–Trinajstić information content (AvgIpc) is 3.39. The van der Waals surface area contributed by atoms with Gasteiger partial charge in [-0.2, -0.15) is 0 Å². The first-order chi connectivity index (χ1) is 13.9. The molecule has 1 aliphatic heterocycles. The number of benzene rings is 1. The minimum absolute atomic E-state index is 0.253. The van der Waals surface area contributed by atoms with Gasteiger partial charge in [0.2, 0.25) is 11.8 Å². The highest BCUT2D eigenvalue weighted by molar-refractivity contribution is 6.08. The zero-order valence-corrected chi connectivity index (χ0v) is 16.4. The molecule has 29 heavy (non-hydrogen) atoms. The van der Waals surface area contributed by atoms with Crippen molar-refractivity contribution in [1.82, 2.24) is 4.90 Å². The number of nitrogens with one attached hydrogen (secondary N) is 1. The van der Waals surface area contributed by atoms with Crippen molar-refractivity contribution < 1.29 is 28.7 Å². The number of esters is 1. The van der Waals surface area contributed by atoms with E-state index in [0.29, 0.717) is 11.4 Å². The Morgan fingerprint density at radius 1 is 1.17 bits per heavy atom. The van der Waals surface area contributed by atoms with Gasteiger partial charge in [0, 0.05) is 11.8 Å².